The van der Waals surface area contributed by atoms with Crippen LogP contribution in [0, 0.1) is 0 Å². The second kappa shape index (κ2) is 5.43. The number of carbonyl (C=O) groups is 1. The van der Waals surface area contributed by atoms with E-state index in [4.69, 9.17) is 4.42 Å². The number of carbonyl (C=O) groups excluding carboxylic acids is 1. The number of hydrogen-bond donors (Lipinski definition) is 0. The van der Waals surface area contributed by atoms with E-state index in [1.807, 2.05) is 12.1 Å². The summed E-state index contributed by atoms with van der Waals surface area (Å²) >= 11 is 0. The van der Waals surface area contributed by atoms with Gasteiger partial charge in [-0.3, -0.25) is 4.79 Å². The van der Waals surface area contributed by atoms with Crippen molar-refractivity contribution in [1.29, 1.82) is 0 Å². The summed E-state index contributed by atoms with van der Waals surface area (Å²) in [5, 5.41) is 0. The Hall–Kier alpha value is -1.31. The average Bonchev–Trinajstić information content (AvgIpc) is 2.65. The summed E-state index contributed by atoms with van der Waals surface area (Å²) in [6.45, 7) is 5.49. The highest BCUT2D eigenvalue weighted by molar-refractivity contribution is 5.88. The van der Waals surface area contributed by atoms with Crippen LogP contribution in [0.15, 0.2) is 29.2 Å². The molecule has 0 saturated carbocycles. The van der Waals surface area contributed by atoms with Gasteiger partial charge < -0.3 is 4.42 Å². The first-order valence-electron chi connectivity index (χ1n) is 4.99. The lowest BCUT2D eigenvalue weighted by Gasteiger charge is -1.95. The van der Waals surface area contributed by atoms with Gasteiger partial charge in [0.1, 0.15) is 11.5 Å². The zero-order valence-corrected chi connectivity index (χ0v) is 8.58. The molecular formula is C12H16O2. The van der Waals surface area contributed by atoms with E-state index < -0.39 is 0 Å². The van der Waals surface area contributed by atoms with Gasteiger partial charge in [-0.15, -0.1) is 0 Å². The van der Waals surface area contributed by atoms with Crippen LogP contribution >= 0.6 is 0 Å². The van der Waals surface area contributed by atoms with Crippen molar-refractivity contribution in [2.24, 2.45) is 0 Å². The molecule has 0 aliphatic rings. The van der Waals surface area contributed by atoms with Gasteiger partial charge >= 0.3 is 0 Å². The first kappa shape index (κ1) is 10.8. The topological polar surface area (TPSA) is 30.2 Å². The fourth-order valence-corrected chi connectivity index (χ4v) is 1.29. The van der Waals surface area contributed by atoms with E-state index in [-0.39, 0.29) is 5.78 Å². The molecule has 1 aromatic heterocycles. The predicted octanol–water partition coefficient (Wildman–Crippen LogP) is 2.92. The molecule has 1 rings (SSSR count). The molecule has 14 heavy (non-hydrogen) atoms. The van der Waals surface area contributed by atoms with Crippen molar-refractivity contribution >= 4 is 5.78 Å². The van der Waals surface area contributed by atoms with Crippen LogP contribution in [0.4, 0.5) is 0 Å². The largest absolute Gasteiger partial charge is 0.466 e. The maximum absolute atomic E-state index is 10.9. The van der Waals surface area contributed by atoms with Crippen LogP contribution in [0.5, 0.6) is 0 Å². The highest BCUT2D eigenvalue weighted by Crippen LogP contribution is 2.11. The van der Waals surface area contributed by atoms with Crippen molar-refractivity contribution in [3.05, 3.63) is 36.3 Å². The molecule has 0 unspecified atom stereocenters. The molecule has 0 N–H and O–H groups in total. The standard InChI is InChI=1S/C12H16O2/c1-3-10(13)6-5-7-12-9-8-11(4-2)14-12/h3,8-9H,1,4-7H2,2H3. The van der Waals surface area contributed by atoms with Crippen LogP contribution in [-0.4, -0.2) is 5.78 Å². The van der Waals surface area contributed by atoms with Gasteiger partial charge in [-0.2, -0.15) is 0 Å². The van der Waals surface area contributed by atoms with Crippen LogP contribution in [0.25, 0.3) is 0 Å². The fraction of sp³-hybridized carbons (Fsp3) is 0.417. The van der Waals surface area contributed by atoms with Crippen molar-refractivity contribution in [2.45, 2.75) is 32.6 Å². The van der Waals surface area contributed by atoms with E-state index in [1.165, 1.54) is 6.08 Å². The highest BCUT2D eigenvalue weighted by Gasteiger charge is 2.01. The third kappa shape index (κ3) is 3.21. The molecule has 0 aromatic carbocycles. The minimum atomic E-state index is 0.104. The molecule has 2 nitrogen and oxygen atoms in total. The predicted molar refractivity (Wildman–Crippen MR) is 56.2 cm³/mol. The molecule has 0 spiro atoms. The fourth-order valence-electron chi connectivity index (χ4n) is 1.29. The number of allylic oxidation sites excluding steroid dienone is 1. The summed E-state index contributed by atoms with van der Waals surface area (Å²) in [5.41, 5.74) is 0. The van der Waals surface area contributed by atoms with Crippen LogP contribution in [0.1, 0.15) is 31.3 Å². The molecule has 1 aromatic rings. The molecule has 1 heterocycles. The third-order valence-electron chi connectivity index (χ3n) is 2.14. The van der Waals surface area contributed by atoms with Crippen molar-refractivity contribution in [3.8, 4) is 0 Å². The minimum Gasteiger partial charge on any atom is -0.466 e. The quantitative estimate of drug-likeness (QED) is 0.649. The first-order valence-corrected chi connectivity index (χ1v) is 4.99. The van der Waals surface area contributed by atoms with E-state index in [0.29, 0.717) is 6.42 Å². The van der Waals surface area contributed by atoms with Crippen molar-refractivity contribution in [2.75, 3.05) is 0 Å². The molecule has 0 amide bonds. The van der Waals surface area contributed by atoms with Crippen LogP contribution in [0.2, 0.25) is 0 Å². The second-order valence-electron chi connectivity index (χ2n) is 3.25. The van der Waals surface area contributed by atoms with Crippen LogP contribution in [-0.2, 0) is 17.6 Å². The van der Waals surface area contributed by atoms with Gasteiger partial charge in [0.15, 0.2) is 5.78 Å². The normalized spacial score (nSPS) is 10.1. The molecule has 0 atom stereocenters. The van der Waals surface area contributed by atoms with Crippen LogP contribution < -0.4 is 0 Å². The Morgan fingerprint density at radius 2 is 2.21 bits per heavy atom. The van der Waals surface area contributed by atoms with E-state index in [2.05, 4.69) is 13.5 Å². The summed E-state index contributed by atoms with van der Waals surface area (Å²) in [5.74, 6) is 2.08. The summed E-state index contributed by atoms with van der Waals surface area (Å²) in [6.07, 6.45) is 4.53. The first-order chi connectivity index (χ1) is 6.76. The van der Waals surface area contributed by atoms with E-state index in [1.54, 1.807) is 0 Å². The van der Waals surface area contributed by atoms with Crippen LogP contribution in [0.3, 0.4) is 0 Å². The zero-order valence-electron chi connectivity index (χ0n) is 8.58. The van der Waals surface area contributed by atoms with E-state index in [0.717, 1.165) is 30.8 Å². The molecule has 0 bridgehead atoms. The Kier molecular flexibility index (Phi) is 4.17. The van der Waals surface area contributed by atoms with Crippen molar-refractivity contribution < 1.29 is 9.21 Å². The van der Waals surface area contributed by atoms with Gasteiger partial charge in [0.2, 0.25) is 0 Å². The molecule has 0 aliphatic heterocycles. The summed E-state index contributed by atoms with van der Waals surface area (Å²) < 4.78 is 5.51. The maximum atomic E-state index is 10.9. The number of furan rings is 1. The van der Waals surface area contributed by atoms with Gasteiger partial charge in [-0.25, -0.2) is 0 Å². The minimum absolute atomic E-state index is 0.104. The van der Waals surface area contributed by atoms with Gasteiger partial charge in [0.05, 0.1) is 0 Å². The molecule has 0 radical (unpaired) electrons. The lowest BCUT2D eigenvalue weighted by molar-refractivity contribution is -0.114. The molecule has 0 fully saturated rings. The highest BCUT2D eigenvalue weighted by atomic mass is 16.3. The molecule has 0 aliphatic carbocycles. The summed E-state index contributed by atoms with van der Waals surface area (Å²) in [6, 6.07) is 3.97. The maximum Gasteiger partial charge on any atom is 0.155 e. The van der Waals surface area contributed by atoms with Gasteiger partial charge in [-0.1, -0.05) is 13.5 Å². The van der Waals surface area contributed by atoms with E-state index >= 15 is 0 Å². The number of ketones is 1. The average molecular weight is 192 g/mol. The van der Waals surface area contributed by atoms with Gasteiger partial charge in [0.25, 0.3) is 0 Å². The zero-order chi connectivity index (χ0) is 10.4. The van der Waals surface area contributed by atoms with E-state index in [9.17, 15) is 4.79 Å². The lowest BCUT2D eigenvalue weighted by atomic mass is 10.1. The smallest absolute Gasteiger partial charge is 0.155 e. The SMILES string of the molecule is C=CC(=O)CCCc1ccc(CC)o1. The summed E-state index contributed by atoms with van der Waals surface area (Å²) in [4.78, 5) is 10.9. The second-order valence-corrected chi connectivity index (χ2v) is 3.25. The van der Waals surface area contributed by atoms with Gasteiger partial charge in [0, 0.05) is 19.3 Å². The molecule has 76 valence electrons. The molecule has 0 saturated heterocycles. The monoisotopic (exact) mass is 192 g/mol. The molecular weight excluding hydrogens is 176 g/mol. The Balaban J connectivity index is 2.31. The third-order valence-corrected chi connectivity index (χ3v) is 2.14. The number of hydrogen-bond acceptors (Lipinski definition) is 2. The number of aryl methyl sites for hydroxylation is 2. The molecule has 2 heteroatoms. The van der Waals surface area contributed by atoms with Crippen molar-refractivity contribution in [1.82, 2.24) is 0 Å². The lowest BCUT2D eigenvalue weighted by Crippen LogP contribution is -1.92. The van der Waals surface area contributed by atoms with Gasteiger partial charge in [-0.05, 0) is 24.6 Å². The Bertz CT molecular complexity index is 310. The Morgan fingerprint density at radius 1 is 1.50 bits per heavy atom. The number of rotatable bonds is 6. The Morgan fingerprint density at radius 3 is 2.79 bits per heavy atom. The van der Waals surface area contributed by atoms with Crippen molar-refractivity contribution in [3.63, 3.8) is 0 Å². The summed E-state index contributed by atoms with van der Waals surface area (Å²) in [7, 11) is 0. The Labute approximate surface area is 84.6 Å².